The highest BCUT2D eigenvalue weighted by molar-refractivity contribution is 7.12. The second-order valence-corrected chi connectivity index (χ2v) is 10.9. The van der Waals surface area contributed by atoms with Gasteiger partial charge in [-0.25, -0.2) is 4.79 Å². The number of amides is 4. The van der Waals surface area contributed by atoms with Gasteiger partial charge in [-0.05, 0) is 71.0 Å². The first kappa shape index (κ1) is 24.9. The van der Waals surface area contributed by atoms with E-state index in [1.165, 1.54) is 29.6 Å². The van der Waals surface area contributed by atoms with E-state index in [1.807, 2.05) is 6.92 Å². The van der Waals surface area contributed by atoms with Crippen LogP contribution >= 0.6 is 11.3 Å². The molecule has 0 aromatic carbocycles. The summed E-state index contributed by atoms with van der Waals surface area (Å²) >= 11 is 1.29. The van der Waals surface area contributed by atoms with E-state index in [4.69, 9.17) is 0 Å². The van der Waals surface area contributed by atoms with Gasteiger partial charge in [0.05, 0.1) is 10.4 Å². The molecule has 1 aromatic heterocycles. The fourth-order valence-electron chi connectivity index (χ4n) is 5.91. The molecule has 3 aliphatic heterocycles. The summed E-state index contributed by atoms with van der Waals surface area (Å²) in [5, 5.41) is 4.84. The molecular weight excluding hydrogens is 452 g/mol. The lowest BCUT2D eigenvalue weighted by Crippen LogP contribution is -2.56. The van der Waals surface area contributed by atoms with Gasteiger partial charge in [-0.1, -0.05) is 13.3 Å². The number of likely N-dealkylation sites (tertiary alicyclic amines) is 2. The average molecular weight is 489 g/mol. The zero-order chi connectivity index (χ0) is 24.5. The van der Waals surface area contributed by atoms with Crippen LogP contribution in [0, 0.1) is 5.92 Å². The molecule has 4 rings (SSSR count). The number of nitrogens with zero attached hydrogens (tertiary/aromatic N) is 3. The van der Waals surface area contributed by atoms with Crippen LogP contribution in [-0.2, 0) is 4.79 Å². The minimum absolute atomic E-state index is 0.00218. The van der Waals surface area contributed by atoms with Crippen molar-refractivity contribution in [2.45, 2.75) is 70.4 Å². The molecule has 0 aliphatic carbocycles. The minimum atomic E-state index is -0.868. The number of thiophene rings is 1. The fraction of sp³-hybridized carbons (Fsp3) is 0.680. The molecule has 9 heteroatoms. The summed E-state index contributed by atoms with van der Waals surface area (Å²) in [6.45, 7) is 6.15. The highest BCUT2D eigenvalue weighted by atomic mass is 32.1. The Morgan fingerprint density at radius 2 is 1.91 bits per heavy atom. The topological polar surface area (TPSA) is 90.0 Å². The Hall–Kier alpha value is -2.26. The van der Waals surface area contributed by atoms with Crippen LogP contribution in [0.1, 0.15) is 78.8 Å². The number of rotatable bonds is 8. The van der Waals surface area contributed by atoms with Crippen molar-refractivity contribution in [1.29, 1.82) is 0 Å². The molecule has 2 atom stereocenters. The van der Waals surface area contributed by atoms with Crippen molar-refractivity contribution < 1.29 is 19.2 Å². The van der Waals surface area contributed by atoms with E-state index in [2.05, 4.69) is 17.3 Å². The minimum Gasteiger partial charge on any atom is -0.339 e. The third-order valence-corrected chi connectivity index (χ3v) is 8.91. The summed E-state index contributed by atoms with van der Waals surface area (Å²) in [5.74, 6) is -0.198. The second kappa shape index (κ2) is 10.2. The van der Waals surface area contributed by atoms with E-state index in [1.54, 1.807) is 16.3 Å². The van der Waals surface area contributed by atoms with Crippen molar-refractivity contribution >= 4 is 35.0 Å². The largest absolute Gasteiger partial charge is 0.339 e. The van der Waals surface area contributed by atoms with Gasteiger partial charge in [-0.3, -0.25) is 19.3 Å². The Morgan fingerprint density at radius 1 is 1.18 bits per heavy atom. The molecule has 0 bridgehead atoms. The lowest BCUT2D eigenvalue weighted by molar-refractivity contribution is -0.134. The van der Waals surface area contributed by atoms with Gasteiger partial charge in [0.25, 0.3) is 11.8 Å². The molecule has 0 unspecified atom stereocenters. The van der Waals surface area contributed by atoms with Crippen LogP contribution in [0.2, 0.25) is 0 Å². The van der Waals surface area contributed by atoms with Gasteiger partial charge in [0.2, 0.25) is 0 Å². The van der Waals surface area contributed by atoms with Gasteiger partial charge in [0, 0.05) is 31.1 Å². The number of hydrogen-bond acceptors (Lipinski definition) is 6. The van der Waals surface area contributed by atoms with Gasteiger partial charge in [-0.2, -0.15) is 0 Å². The quantitative estimate of drug-likeness (QED) is 0.448. The van der Waals surface area contributed by atoms with Gasteiger partial charge < -0.3 is 15.1 Å². The smallest absolute Gasteiger partial charge is 0.325 e. The standard InChI is InChI=1S/C25H36N4O4S/c1-4-10-25(23(32)29(24(33)26-25)14-9-20-6-5-11-27(20)3)19-7-12-28(13-8-19)22(31)18-15-21(17(2)30)34-16-18/h15-16,19-20H,4-14H2,1-3H3,(H,26,33)/t20-,25+/m0/s1. The lowest BCUT2D eigenvalue weighted by Gasteiger charge is -2.41. The highest BCUT2D eigenvalue weighted by Crippen LogP contribution is 2.38. The molecule has 8 nitrogen and oxygen atoms in total. The number of urea groups is 1. The van der Waals surface area contributed by atoms with Gasteiger partial charge in [0.15, 0.2) is 5.78 Å². The van der Waals surface area contributed by atoms with Crippen LogP contribution < -0.4 is 5.32 Å². The van der Waals surface area contributed by atoms with Crippen molar-refractivity contribution in [2.24, 2.45) is 5.92 Å². The zero-order valence-corrected chi connectivity index (χ0v) is 21.3. The molecule has 3 fully saturated rings. The molecule has 4 heterocycles. The van der Waals surface area contributed by atoms with Crippen molar-refractivity contribution in [1.82, 2.24) is 20.0 Å². The molecule has 186 valence electrons. The first-order valence-corrected chi connectivity index (χ1v) is 13.4. The van der Waals surface area contributed by atoms with Crippen LogP contribution in [0.5, 0.6) is 0 Å². The van der Waals surface area contributed by atoms with Gasteiger partial charge in [0.1, 0.15) is 5.54 Å². The maximum absolute atomic E-state index is 13.6. The van der Waals surface area contributed by atoms with Crippen LogP contribution in [0.25, 0.3) is 0 Å². The molecular formula is C25H36N4O4S. The molecule has 0 spiro atoms. The van der Waals surface area contributed by atoms with E-state index < -0.39 is 5.54 Å². The molecule has 4 amide bonds. The van der Waals surface area contributed by atoms with Crippen LogP contribution in [0.4, 0.5) is 4.79 Å². The first-order chi connectivity index (χ1) is 16.3. The highest BCUT2D eigenvalue weighted by Gasteiger charge is 2.55. The van der Waals surface area contributed by atoms with Gasteiger partial charge >= 0.3 is 6.03 Å². The molecule has 0 saturated carbocycles. The zero-order valence-electron chi connectivity index (χ0n) is 20.5. The maximum Gasteiger partial charge on any atom is 0.325 e. The summed E-state index contributed by atoms with van der Waals surface area (Å²) in [4.78, 5) is 57.2. The van der Waals surface area contributed by atoms with Crippen molar-refractivity contribution in [3.05, 3.63) is 21.9 Å². The number of ketones is 1. The number of imide groups is 1. The summed E-state index contributed by atoms with van der Waals surface area (Å²) < 4.78 is 0. The molecule has 34 heavy (non-hydrogen) atoms. The van der Waals surface area contributed by atoms with E-state index in [9.17, 15) is 19.2 Å². The maximum atomic E-state index is 13.6. The van der Waals surface area contributed by atoms with E-state index in [-0.39, 0.29) is 29.5 Å². The molecule has 3 aliphatic rings. The summed E-state index contributed by atoms with van der Waals surface area (Å²) in [6, 6.07) is 1.82. The lowest BCUT2D eigenvalue weighted by atomic mass is 9.74. The Bertz CT molecular complexity index is 954. The number of carbonyl (C=O) groups is 4. The van der Waals surface area contributed by atoms with E-state index in [0.717, 1.165) is 25.8 Å². The fourth-order valence-corrected chi connectivity index (χ4v) is 6.69. The Balaban J connectivity index is 1.41. The summed E-state index contributed by atoms with van der Waals surface area (Å²) in [7, 11) is 2.11. The first-order valence-electron chi connectivity index (χ1n) is 12.5. The van der Waals surface area contributed by atoms with E-state index in [0.29, 0.717) is 55.4 Å². The third kappa shape index (κ3) is 4.64. The SMILES string of the molecule is CCC[C@]1(C2CCN(C(=O)c3csc(C(C)=O)c3)CC2)NC(=O)N(CC[C@@H]2CCCN2C)C1=O. The van der Waals surface area contributed by atoms with Crippen molar-refractivity contribution in [3.8, 4) is 0 Å². The Kier molecular flexibility index (Phi) is 7.42. The summed E-state index contributed by atoms with van der Waals surface area (Å²) in [5.41, 5.74) is -0.322. The molecule has 0 radical (unpaired) electrons. The van der Waals surface area contributed by atoms with Gasteiger partial charge in [-0.15, -0.1) is 11.3 Å². The number of nitrogens with one attached hydrogen (secondary N) is 1. The molecule has 3 saturated heterocycles. The Morgan fingerprint density at radius 3 is 2.50 bits per heavy atom. The van der Waals surface area contributed by atoms with Crippen molar-refractivity contribution in [3.63, 3.8) is 0 Å². The predicted octanol–water partition coefficient (Wildman–Crippen LogP) is 3.38. The molecule has 1 N–H and O–H groups in total. The van der Waals surface area contributed by atoms with E-state index >= 15 is 0 Å². The predicted molar refractivity (Wildman–Crippen MR) is 131 cm³/mol. The second-order valence-electron chi connectivity index (χ2n) is 10.00. The Labute approximate surface area is 205 Å². The molecule has 1 aromatic rings. The number of Topliss-reactive ketones (excluding diaryl/α,β-unsaturated/α-hetero) is 1. The normalized spacial score (nSPS) is 26.4. The average Bonchev–Trinajstić information content (AvgIpc) is 3.52. The van der Waals surface area contributed by atoms with Crippen molar-refractivity contribution in [2.75, 3.05) is 33.2 Å². The van der Waals surface area contributed by atoms with Crippen LogP contribution in [0.15, 0.2) is 11.4 Å². The number of hydrogen-bond donors (Lipinski definition) is 1. The number of carbonyl (C=O) groups excluding carboxylic acids is 4. The van der Waals surface area contributed by atoms with Crippen LogP contribution in [0.3, 0.4) is 0 Å². The third-order valence-electron chi connectivity index (χ3n) is 7.88. The van der Waals surface area contributed by atoms with Crippen LogP contribution in [-0.4, -0.2) is 83.1 Å². The monoisotopic (exact) mass is 488 g/mol. The number of piperidine rings is 1. The summed E-state index contributed by atoms with van der Waals surface area (Å²) in [6.07, 6.45) is 5.84.